The van der Waals surface area contributed by atoms with E-state index in [4.69, 9.17) is 0 Å². The Bertz CT molecular complexity index is 731. The van der Waals surface area contributed by atoms with Gasteiger partial charge < -0.3 is 4.90 Å². The lowest BCUT2D eigenvalue weighted by molar-refractivity contribution is -0.134. The maximum Gasteiger partial charge on any atom is 0.227 e. The number of nitrogens with zero attached hydrogens (tertiary/aromatic N) is 1. The Labute approximate surface area is 144 Å². The van der Waals surface area contributed by atoms with E-state index in [1.54, 1.807) is 0 Å². The van der Waals surface area contributed by atoms with E-state index < -0.39 is 0 Å². The molecule has 0 bridgehead atoms. The summed E-state index contributed by atoms with van der Waals surface area (Å²) in [5.41, 5.74) is 4.15. The number of benzene rings is 2. The number of carbonyl (C=O) groups excluding carboxylic acids is 1. The molecule has 1 amide bonds. The van der Waals surface area contributed by atoms with Crippen molar-refractivity contribution in [3.05, 3.63) is 71.3 Å². The molecule has 1 aliphatic carbocycles. The minimum atomic E-state index is 0.170. The second kappa shape index (κ2) is 6.08. The van der Waals surface area contributed by atoms with E-state index in [-0.39, 0.29) is 17.4 Å². The van der Waals surface area contributed by atoms with Crippen LogP contribution in [0.5, 0.6) is 0 Å². The first-order valence-electron chi connectivity index (χ1n) is 9.12. The van der Waals surface area contributed by atoms with Gasteiger partial charge in [-0.3, -0.25) is 4.79 Å². The van der Waals surface area contributed by atoms with Crippen LogP contribution in [0.2, 0.25) is 0 Å². The van der Waals surface area contributed by atoms with Crippen molar-refractivity contribution in [2.45, 2.75) is 50.5 Å². The number of rotatable bonds is 2. The van der Waals surface area contributed by atoms with Crippen molar-refractivity contribution >= 4 is 5.91 Å². The lowest BCUT2D eigenvalue weighted by Crippen LogP contribution is -2.49. The zero-order valence-corrected chi connectivity index (χ0v) is 14.4. The lowest BCUT2D eigenvalue weighted by atomic mass is 9.72. The smallest absolute Gasteiger partial charge is 0.227 e. The van der Waals surface area contributed by atoms with Gasteiger partial charge in [-0.05, 0) is 36.5 Å². The standard InChI is InChI=1S/C22H25NO/c1-17-19-11-5-6-12-20(19)22(13-7-8-14-22)16-23(17)21(24)15-18-9-3-2-4-10-18/h2-6,9-12,17H,7-8,13-16H2,1H3. The molecule has 124 valence electrons. The molecule has 0 radical (unpaired) electrons. The molecule has 0 saturated heterocycles. The van der Waals surface area contributed by atoms with Gasteiger partial charge in [0.25, 0.3) is 0 Å². The first-order valence-corrected chi connectivity index (χ1v) is 9.12. The Morgan fingerprint density at radius 2 is 1.71 bits per heavy atom. The molecule has 4 rings (SSSR count). The van der Waals surface area contributed by atoms with E-state index in [1.807, 2.05) is 30.3 Å². The predicted octanol–water partition coefficient (Wildman–Crippen LogP) is 4.64. The molecule has 2 aromatic rings. The summed E-state index contributed by atoms with van der Waals surface area (Å²) >= 11 is 0. The summed E-state index contributed by atoms with van der Waals surface area (Å²) in [4.78, 5) is 15.2. The van der Waals surface area contributed by atoms with E-state index in [9.17, 15) is 4.79 Å². The molecule has 1 saturated carbocycles. The third-order valence-electron chi connectivity index (χ3n) is 6.00. The molecule has 1 unspecified atom stereocenters. The quantitative estimate of drug-likeness (QED) is 0.789. The van der Waals surface area contributed by atoms with E-state index in [2.05, 4.69) is 36.1 Å². The van der Waals surface area contributed by atoms with Crippen molar-refractivity contribution in [1.82, 2.24) is 4.90 Å². The Morgan fingerprint density at radius 3 is 2.46 bits per heavy atom. The van der Waals surface area contributed by atoms with Crippen molar-refractivity contribution in [3.8, 4) is 0 Å². The van der Waals surface area contributed by atoms with Crippen LogP contribution >= 0.6 is 0 Å². The molecule has 1 atom stereocenters. The van der Waals surface area contributed by atoms with Gasteiger partial charge in [0.2, 0.25) is 5.91 Å². The topological polar surface area (TPSA) is 20.3 Å². The molecule has 1 heterocycles. The van der Waals surface area contributed by atoms with Crippen molar-refractivity contribution < 1.29 is 4.79 Å². The fraction of sp³-hybridized carbons (Fsp3) is 0.409. The van der Waals surface area contributed by atoms with Crippen LogP contribution in [0.25, 0.3) is 0 Å². The van der Waals surface area contributed by atoms with E-state index >= 15 is 0 Å². The fourth-order valence-electron chi connectivity index (χ4n) is 4.72. The van der Waals surface area contributed by atoms with Gasteiger partial charge in [-0.1, -0.05) is 67.4 Å². The van der Waals surface area contributed by atoms with Gasteiger partial charge in [0.15, 0.2) is 0 Å². The highest BCUT2D eigenvalue weighted by atomic mass is 16.2. The third-order valence-corrected chi connectivity index (χ3v) is 6.00. The Kier molecular flexibility index (Phi) is 3.91. The first-order chi connectivity index (χ1) is 11.7. The molecule has 2 heteroatoms. The van der Waals surface area contributed by atoms with Crippen LogP contribution in [0.15, 0.2) is 54.6 Å². The summed E-state index contributed by atoms with van der Waals surface area (Å²) in [7, 11) is 0. The molecule has 1 aliphatic heterocycles. The largest absolute Gasteiger partial charge is 0.335 e. The van der Waals surface area contributed by atoms with Gasteiger partial charge in [-0.25, -0.2) is 0 Å². The molecular formula is C22H25NO. The molecule has 2 nitrogen and oxygen atoms in total. The highest BCUT2D eigenvalue weighted by Gasteiger charge is 2.45. The molecule has 2 aliphatic rings. The first kappa shape index (κ1) is 15.4. The second-order valence-electron chi connectivity index (χ2n) is 7.43. The highest BCUT2D eigenvalue weighted by molar-refractivity contribution is 5.80. The van der Waals surface area contributed by atoms with Crippen LogP contribution in [0.4, 0.5) is 0 Å². The molecular weight excluding hydrogens is 294 g/mol. The van der Waals surface area contributed by atoms with Crippen molar-refractivity contribution in [2.75, 3.05) is 6.54 Å². The molecule has 0 aromatic heterocycles. The number of amides is 1. The average molecular weight is 319 g/mol. The summed E-state index contributed by atoms with van der Waals surface area (Å²) in [6, 6.07) is 19.1. The zero-order valence-electron chi connectivity index (χ0n) is 14.4. The zero-order chi connectivity index (χ0) is 16.6. The highest BCUT2D eigenvalue weighted by Crippen LogP contribution is 2.48. The van der Waals surface area contributed by atoms with Crippen LogP contribution in [0.3, 0.4) is 0 Å². The van der Waals surface area contributed by atoms with E-state index in [0.29, 0.717) is 6.42 Å². The van der Waals surface area contributed by atoms with Gasteiger partial charge in [0.05, 0.1) is 12.5 Å². The number of hydrogen-bond donors (Lipinski definition) is 0. The third kappa shape index (κ3) is 2.54. The van der Waals surface area contributed by atoms with Crippen molar-refractivity contribution in [1.29, 1.82) is 0 Å². The van der Waals surface area contributed by atoms with Crippen molar-refractivity contribution in [3.63, 3.8) is 0 Å². The SMILES string of the molecule is CC1c2ccccc2C2(CCCC2)CN1C(=O)Cc1ccccc1. The van der Waals surface area contributed by atoms with Crippen LogP contribution in [0, 0.1) is 0 Å². The lowest BCUT2D eigenvalue weighted by Gasteiger charge is -2.46. The molecule has 0 N–H and O–H groups in total. The monoisotopic (exact) mass is 319 g/mol. The summed E-state index contributed by atoms with van der Waals surface area (Å²) in [6.45, 7) is 3.07. The van der Waals surface area contributed by atoms with E-state index in [0.717, 1.165) is 12.1 Å². The maximum atomic E-state index is 13.1. The van der Waals surface area contributed by atoms with Gasteiger partial charge in [-0.2, -0.15) is 0 Å². The molecule has 2 aromatic carbocycles. The Hall–Kier alpha value is -2.09. The van der Waals surface area contributed by atoms with Crippen molar-refractivity contribution in [2.24, 2.45) is 0 Å². The summed E-state index contributed by atoms with van der Waals surface area (Å²) in [6.07, 6.45) is 5.49. The Balaban J connectivity index is 1.66. The minimum absolute atomic E-state index is 0.170. The number of fused-ring (bicyclic) bond motifs is 2. The minimum Gasteiger partial charge on any atom is -0.335 e. The Morgan fingerprint density at radius 1 is 1.04 bits per heavy atom. The van der Waals surface area contributed by atoms with Crippen LogP contribution in [-0.2, 0) is 16.6 Å². The summed E-state index contributed by atoms with van der Waals surface area (Å²) in [5, 5.41) is 0. The second-order valence-corrected chi connectivity index (χ2v) is 7.43. The predicted molar refractivity (Wildman–Crippen MR) is 96.9 cm³/mol. The maximum absolute atomic E-state index is 13.1. The summed E-state index contributed by atoms with van der Waals surface area (Å²) in [5.74, 6) is 0.259. The number of carbonyl (C=O) groups is 1. The molecule has 24 heavy (non-hydrogen) atoms. The summed E-state index contributed by atoms with van der Waals surface area (Å²) < 4.78 is 0. The number of hydrogen-bond acceptors (Lipinski definition) is 1. The van der Waals surface area contributed by atoms with Crippen LogP contribution < -0.4 is 0 Å². The van der Waals surface area contributed by atoms with Crippen LogP contribution in [0.1, 0.15) is 55.3 Å². The molecule has 1 spiro atoms. The fourth-order valence-corrected chi connectivity index (χ4v) is 4.72. The van der Waals surface area contributed by atoms with Crippen LogP contribution in [-0.4, -0.2) is 17.4 Å². The molecule has 1 fully saturated rings. The van der Waals surface area contributed by atoms with E-state index in [1.165, 1.54) is 36.8 Å². The van der Waals surface area contributed by atoms with Gasteiger partial charge in [0.1, 0.15) is 0 Å². The van der Waals surface area contributed by atoms with Gasteiger partial charge >= 0.3 is 0 Å². The normalized spacial score (nSPS) is 21.7. The average Bonchev–Trinajstić information content (AvgIpc) is 3.08. The van der Waals surface area contributed by atoms with Gasteiger partial charge in [-0.15, -0.1) is 0 Å². The van der Waals surface area contributed by atoms with Gasteiger partial charge in [0, 0.05) is 12.0 Å².